The molecule has 1 unspecified atom stereocenters. The van der Waals surface area contributed by atoms with Gasteiger partial charge in [-0.05, 0) is 12.8 Å². The minimum Gasteiger partial charge on any atom is -0.480 e. The number of hydrogen-bond acceptors (Lipinski definition) is 5. The molecule has 21 heavy (non-hydrogen) atoms. The molecule has 0 aliphatic rings. The molecule has 1 atom stereocenters. The molecule has 0 rings (SSSR count). The normalized spacial score (nSPS) is 12.8. The van der Waals surface area contributed by atoms with Gasteiger partial charge in [0.05, 0.1) is 13.2 Å². The van der Waals surface area contributed by atoms with Crippen LogP contribution in [-0.4, -0.2) is 64.6 Å². The number of carboxylic acids is 1. The zero-order chi connectivity index (χ0) is 16.1. The molecule has 7 nitrogen and oxygen atoms in total. The molecule has 7 heteroatoms. The second kappa shape index (κ2) is 12.3. The van der Waals surface area contributed by atoms with Gasteiger partial charge in [-0.25, -0.2) is 0 Å². The molecule has 0 radical (unpaired) electrons. The maximum atomic E-state index is 11.5. The third kappa shape index (κ3) is 10.9. The van der Waals surface area contributed by atoms with Gasteiger partial charge in [-0.15, -0.1) is 0 Å². The first kappa shape index (κ1) is 19.6. The fraction of sp³-hybridized carbons (Fsp3) is 0.714. The van der Waals surface area contributed by atoms with Crippen LogP contribution in [0.2, 0.25) is 0 Å². The lowest BCUT2D eigenvalue weighted by atomic mass is 10.2. The summed E-state index contributed by atoms with van der Waals surface area (Å²) in [6.45, 7) is 1.52. The van der Waals surface area contributed by atoms with Gasteiger partial charge in [-0.3, -0.25) is 14.5 Å². The van der Waals surface area contributed by atoms with Gasteiger partial charge in [0.15, 0.2) is 0 Å². The standard InChI is InChI=1S/C14H26N2O5/c1-2-3-4-5-6-7-12(18)15-8-9-16(10-14(20)21)13(19)11-17/h4-5,13,17,19H,2-3,6-11H2,1H3,(H,15,18)(H,20,21)/b5-4+. The molecule has 0 spiro atoms. The Morgan fingerprint density at radius 1 is 1.29 bits per heavy atom. The van der Waals surface area contributed by atoms with Crippen LogP contribution < -0.4 is 5.32 Å². The Morgan fingerprint density at radius 3 is 2.52 bits per heavy atom. The molecular formula is C14H26N2O5. The zero-order valence-electron chi connectivity index (χ0n) is 12.5. The van der Waals surface area contributed by atoms with Gasteiger partial charge in [0.1, 0.15) is 6.23 Å². The summed E-state index contributed by atoms with van der Waals surface area (Å²) in [5.41, 5.74) is 0. The SMILES string of the molecule is CCC/C=C/CCC(=O)NCCN(CC(=O)O)C(O)CO. The monoisotopic (exact) mass is 302 g/mol. The molecule has 0 fully saturated rings. The van der Waals surface area contributed by atoms with E-state index < -0.39 is 25.3 Å². The van der Waals surface area contributed by atoms with E-state index in [1.54, 1.807) is 0 Å². The second-order valence-corrected chi connectivity index (χ2v) is 4.68. The number of aliphatic hydroxyl groups is 2. The molecule has 122 valence electrons. The van der Waals surface area contributed by atoms with Crippen LogP contribution in [0.3, 0.4) is 0 Å². The molecule has 0 aliphatic heterocycles. The van der Waals surface area contributed by atoms with Gasteiger partial charge in [-0.2, -0.15) is 0 Å². The number of hydrogen-bond donors (Lipinski definition) is 4. The molecule has 0 saturated heterocycles. The number of rotatable bonds is 12. The Labute approximate surface area is 125 Å². The quantitative estimate of drug-likeness (QED) is 0.297. The molecule has 0 aromatic carbocycles. The van der Waals surface area contributed by atoms with Crippen LogP contribution in [0, 0.1) is 0 Å². The highest BCUT2D eigenvalue weighted by atomic mass is 16.4. The van der Waals surface area contributed by atoms with E-state index in [9.17, 15) is 14.7 Å². The third-order valence-corrected chi connectivity index (χ3v) is 2.80. The fourth-order valence-electron chi connectivity index (χ4n) is 1.67. The van der Waals surface area contributed by atoms with Crippen molar-refractivity contribution in [3.63, 3.8) is 0 Å². The molecule has 0 heterocycles. The number of carboxylic acid groups (broad SMARTS) is 1. The first-order chi connectivity index (χ1) is 10.0. The van der Waals surface area contributed by atoms with Crippen molar-refractivity contribution in [1.82, 2.24) is 10.2 Å². The number of aliphatic hydroxyl groups excluding tert-OH is 2. The minimum absolute atomic E-state index is 0.120. The Kier molecular flexibility index (Phi) is 11.5. The summed E-state index contributed by atoms with van der Waals surface area (Å²) in [7, 11) is 0. The maximum Gasteiger partial charge on any atom is 0.317 e. The summed E-state index contributed by atoms with van der Waals surface area (Å²) < 4.78 is 0. The van der Waals surface area contributed by atoms with E-state index >= 15 is 0 Å². The summed E-state index contributed by atoms with van der Waals surface area (Å²) in [5.74, 6) is -1.22. The van der Waals surface area contributed by atoms with Crippen LogP contribution >= 0.6 is 0 Å². The van der Waals surface area contributed by atoms with Gasteiger partial charge < -0.3 is 20.6 Å². The summed E-state index contributed by atoms with van der Waals surface area (Å²) in [6, 6.07) is 0. The van der Waals surface area contributed by atoms with Gasteiger partial charge in [0.25, 0.3) is 0 Å². The lowest BCUT2D eigenvalue weighted by Crippen LogP contribution is -2.45. The Balaban J connectivity index is 3.91. The lowest BCUT2D eigenvalue weighted by molar-refractivity contribution is -0.142. The molecule has 0 saturated carbocycles. The van der Waals surface area contributed by atoms with E-state index in [2.05, 4.69) is 12.2 Å². The summed E-state index contributed by atoms with van der Waals surface area (Å²) in [4.78, 5) is 23.3. The van der Waals surface area contributed by atoms with E-state index in [4.69, 9.17) is 10.2 Å². The molecule has 4 N–H and O–H groups in total. The first-order valence-corrected chi connectivity index (χ1v) is 7.17. The van der Waals surface area contributed by atoms with Crippen LogP contribution in [0.4, 0.5) is 0 Å². The lowest BCUT2D eigenvalue weighted by Gasteiger charge is -2.24. The average Bonchev–Trinajstić information content (AvgIpc) is 2.44. The predicted octanol–water partition coefficient (Wildman–Crippen LogP) is -0.0636. The smallest absolute Gasteiger partial charge is 0.317 e. The number of nitrogens with zero attached hydrogens (tertiary/aromatic N) is 1. The Hall–Kier alpha value is -1.44. The second-order valence-electron chi connectivity index (χ2n) is 4.68. The number of amides is 1. The Morgan fingerprint density at radius 2 is 1.95 bits per heavy atom. The summed E-state index contributed by atoms with van der Waals surface area (Å²) in [6.07, 6.45) is 5.90. The highest BCUT2D eigenvalue weighted by Crippen LogP contribution is 1.97. The third-order valence-electron chi connectivity index (χ3n) is 2.80. The number of nitrogens with one attached hydrogen (secondary N) is 1. The van der Waals surface area contributed by atoms with Crippen molar-refractivity contribution >= 4 is 11.9 Å². The first-order valence-electron chi connectivity index (χ1n) is 7.17. The van der Waals surface area contributed by atoms with Crippen LogP contribution in [-0.2, 0) is 9.59 Å². The topological polar surface area (TPSA) is 110 Å². The van der Waals surface area contributed by atoms with E-state index in [0.29, 0.717) is 12.8 Å². The molecule has 0 aliphatic carbocycles. The zero-order valence-corrected chi connectivity index (χ0v) is 12.5. The minimum atomic E-state index is -1.24. The van der Waals surface area contributed by atoms with Crippen molar-refractivity contribution in [3.8, 4) is 0 Å². The molecule has 1 amide bonds. The Bertz CT molecular complexity index is 333. The highest BCUT2D eigenvalue weighted by molar-refractivity contribution is 5.76. The van der Waals surface area contributed by atoms with E-state index in [0.717, 1.165) is 12.8 Å². The number of aliphatic carboxylic acids is 1. The van der Waals surface area contributed by atoms with E-state index in [-0.39, 0.29) is 19.0 Å². The molecular weight excluding hydrogens is 276 g/mol. The van der Waals surface area contributed by atoms with Crippen LogP contribution in [0.25, 0.3) is 0 Å². The molecule has 0 aromatic heterocycles. The number of unbranched alkanes of at least 4 members (excludes halogenated alkanes) is 1. The number of allylic oxidation sites excluding steroid dienone is 2. The van der Waals surface area contributed by atoms with E-state index in [1.165, 1.54) is 4.90 Å². The summed E-state index contributed by atoms with van der Waals surface area (Å²) >= 11 is 0. The van der Waals surface area contributed by atoms with Gasteiger partial charge in [0.2, 0.25) is 5.91 Å². The van der Waals surface area contributed by atoms with Crippen LogP contribution in [0.5, 0.6) is 0 Å². The van der Waals surface area contributed by atoms with Gasteiger partial charge in [-0.1, -0.05) is 25.5 Å². The van der Waals surface area contributed by atoms with Crippen molar-refractivity contribution in [1.29, 1.82) is 0 Å². The molecule has 0 aromatic rings. The molecule has 0 bridgehead atoms. The number of carbonyl (C=O) groups excluding carboxylic acids is 1. The summed E-state index contributed by atoms with van der Waals surface area (Å²) in [5, 5.41) is 29.6. The predicted molar refractivity (Wildman–Crippen MR) is 78.6 cm³/mol. The average molecular weight is 302 g/mol. The van der Waals surface area contributed by atoms with Gasteiger partial charge >= 0.3 is 5.97 Å². The highest BCUT2D eigenvalue weighted by Gasteiger charge is 2.17. The largest absolute Gasteiger partial charge is 0.480 e. The van der Waals surface area contributed by atoms with Crippen molar-refractivity contribution < 1.29 is 24.9 Å². The van der Waals surface area contributed by atoms with Crippen LogP contribution in [0.1, 0.15) is 32.6 Å². The van der Waals surface area contributed by atoms with Crippen molar-refractivity contribution in [3.05, 3.63) is 12.2 Å². The number of carbonyl (C=O) groups is 2. The van der Waals surface area contributed by atoms with Crippen molar-refractivity contribution in [2.75, 3.05) is 26.2 Å². The van der Waals surface area contributed by atoms with Crippen molar-refractivity contribution in [2.24, 2.45) is 0 Å². The maximum absolute atomic E-state index is 11.5. The van der Waals surface area contributed by atoms with Crippen molar-refractivity contribution in [2.45, 2.75) is 38.8 Å². The fourth-order valence-corrected chi connectivity index (χ4v) is 1.67. The van der Waals surface area contributed by atoms with E-state index in [1.807, 2.05) is 12.2 Å². The van der Waals surface area contributed by atoms with Crippen LogP contribution in [0.15, 0.2) is 12.2 Å². The van der Waals surface area contributed by atoms with Gasteiger partial charge in [0, 0.05) is 19.5 Å².